The minimum absolute atomic E-state index is 0.864. The average Bonchev–Trinajstić information content (AvgIpc) is 2.42. The van der Waals surface area contributed by atoms with Crippen molar-refractivity contribution in [2.45, 2.75) is 19.8 Å². The summed E-state index contributed by atoms with van der Waals surface area (Å²) >= 11 is 0. The first-order valence-electron chi connectivity index (χ1n) is 6.31. The number of nitrogens with zero attached hydrogens (tertiary/aromatic N) is 1. The van der Waals surface area contributed by atoms with Gasteiger partial charge in [-0.05, 0) is 30.2 Å². The molecule has 0 aliphatic rings. The number of aromatic nitrogens is 1. The zero-order chi connectivity index (χ0) is 12.8. The Balaban J connectivity index is 2.08. The summed E-state index contributed by atoms with van der Waals surface area (Å²) in [5.74, 6) is 0.864. The van der Waals surface area contributed by atoms with Gasteiger partial charge in [0.05, 0.1) is 0 Å². The van der Waals surface area contributed by atoms with E-state index in [9.17, 15) is 0 Å². The zero-order valence-electron chi connectivity index (χ0n) is 10.9. The third-order valence-corrected chi connectivity index (χ3v) is 2.80. The van der Waals surface area contributed by atoms with Crippen LogP contribution in [0.4, 0.5) is 17.2 Å². The molecule has 0 bridgehead atoms. The van der Waals surface area contributed by atoms with Crippen molar-refractivity contribution in [3.8, 4) is 0 Å². The number of hydrogen-bond donors (Lipinski definition) is 2. The van der Waals surface area contributed by atoms with Crippen LogP contribution < -0.4 is 10.6 Å². The molecular weight excluding hydrogens is 222 g/mol. The molecular formula is C15H19N3. The number of pyridine rings is 1. The minimum atomic E-state index is 0.864. The molecule has 1 aromatic carbocycles. The van der Waals surface area contributed by atoms with Crippen molar-refractivity contribution >= 4 is 17.2 Å². The predicted octanol–water partition coefficient (Wildman–Crippen LogP) is 3.82. The lowest BCUT2D eigenvalue weighted by Crippen LogP contribution is -1.95. The molecule has 0 atom stereocenters. The highest BCUT2D eigenvalue weighted by Gasteiger charge is 1.97. The van der Waals surface area contributed by atoms with Gasteiger partial charge < -0.3 is 10.6 Å². The van der Waals surface area contributed by atoms with E-state index in [0.29, 0.717) is 0 Å². The number of hydrogen-bond acceptors (Lipinski definition) is 3. The van der Waals surface area contributed by atoms with Crippen molar-refractivity contribution < 1.29 is 0 Å². The van der Waals surface area contributed by atoms with Crippen LogP contribution in [0.25, 0.3) is 0 Å². The van der Waals surface area contributed by atoms with Gasteiger partial charge in [-0.15, -0.1) is 0 Å². The van der Waals surface area contributed by atoms with Gasteiger partial charge in [-0.3, -0.25) is 0 Å². The number of nitrogens with one attached hydrogen (secondary N) is 2. The minimum Gasteiger partial charge on any atom is -0.373 e. The van der Waals surface area contributed by atoms with Gasteiger partial charge >= 0.3 is 0 Å². The molecule has 0 unspecified atom stereocenters. The molecule has 0 radical (unpaired) electrons. The molecule has 3 heteroatoms. The molecule has 2 aromatic rings. The van der Waals surface area contributed by atoms with Crippen molar-refractivity contribution in [3.05, 3.63) is 48.2 Å². The maximum atomic E-state index is 4.19. The molecule has 0 aliphatic carbocycles. The molecule has 2 N–H and O–H groups in total. The van der Waals surface area contributed by atoms with Crippen LogP contribution in [0.2, 0.25) is 0 Å². The first-order valence-corrected chi connectivity index (χ1v) is 6.31. The quantitative estimate of drug-likeness (QED) is 0.835. The normalized spacial score (nSPS) is 10.1. The van der Waals surface area contributed by atoms with E-state index in [-0.39, 0.29) is 0 Å². The second-order valence-corrected chi connectivity index (χ2v) is 4.25. The van der Waals surface area contributed by atoms with Crippen LogP contribution in [-0.2, 0) is 6.42 Å². The number of anilines is 3. The summed E-state index contributed by atoms with van der Waals surface area (Å²) in [5, 5.41) is 6.40. The van der Waals surface area contributed by atoms with Gasteiger partial charge in [-0.2, -0.15) is 0 Å². The average molecular weight is 241 g/mol. The summed E-state index contributed by atoms with van der Waals surface area (Å²) in [5.41, 5.74) is 3.52. The second-order valence-electron chi connectivity index (χ2n) is 4.25. The highest BCUT2D eigenvalue weighted by molar-refractivity contribution is 5.62. The predicted molar refractivity (Wildman–Crippen MR) is 77.5 cm³/mol. The molecule has 0 spiro atoms. The first kappa shape index (κ1) is 12.4. The van der Waals surface area contributed by atoms with Crippen molar-refractivity contribution in [3.63, 3.8) is 0 Å². The Morgan fingerprint density at radius 1 is 1.06 bits per heavy atom. The largest absolute Gasteiger partial charge is 0.373 e. The van der Waals surface area contributed by atoms with Gasteiger partial charge in [0.2, 0.25) is 0 Å². The molecule has 94 valence electrons. The summed E-state index contributed by atoms with van der Waals surface area (Å²) in [6.07, 6.45) is 4.11. The SMILES string of the molecule is CCCc1ccc(Nc2ccnc(NC)c2)cc1. The van der Waals surface area contributed by atoms with Crippen molar-refractivity contribution in [1.82, 2.24) is 4.98 Å². The van der Waals surface area contributed by atoms with Crippen LogP contribution in [0, 0.1) is 0 Å². The summed E-state index contributed by atoms with van der Waals surface area (Å²) in [6.45, 7) is 2.20. The molecule has 0 fully saturated rings. The van der Waals surface area contributed by atoms with Crippen LogP contribution >= 0.6 is 0 Å². The Morgan fingerprint density at radius 2 is 1.83 bits per heavy atom. The number of rotatable bonds is 5. The molecule has 0 amide bonds. The van der Waals surface area contributed by atoms with E-state index >= 15 is 0 Å². The molecule has 0 saturated carbocycles. The fourth-order valence-electron chi connectivity index (χ4n) is 1.86. The van der Waals surface area contributed by atoms with Gasteiger partial charge in [0.15, 0.2) is 0 Å². The molecule has 1 aromatic heterocycles. The fraction of sp³-hybridized carbons (Fsp3) is 0.267. The monoisotopic (exact) mass is 241 g/mol. The fourth-order valence-corrected chi connectivity index (χ4v) is 1.86. The first-order chi connectivity index (χ1) is 8.81. The Kier molecular flexibility index (Phi) is 4.18. The molecule has 3 nitrogen and oxygen atoms in total. The van der Waals surface area contributed by atoms with Gasteiger partial charge in [-0.25, -0.2) is 4.98 Å². The maximum absolute atomic E-state index is 4.19. The van der Waals surface area contributed by atoms with Gasteiger partial charge in [-0.1, -0.05) is 25.5 Å². The maximum Gasteiger partial charge on any atom is 0.127 e. The summed E-state index contributed by atoms with van der Waals surface area (Å²) in [6, 6.07) is 12.5. The summed E-state index contributed by atoms with van der Waals surface area (Å²) in [7, 11) is 1.87. The Hall–Kier alpha value is -2.03. The van der Waals surface area contributed by atoms with Crippen molar-refractivity contribution in [2.24, 2.45) is 0 Å². The lowest BCUT2D eigenvalue weighted by Gasteiger charge is -2.08. The van der Waals surface area contributed by atoms with Crippen LogP contribution in [0.15, 0.2) is 42.6 Å². The van der Waals surface area contributed by atoms with E-state index < -0.39 is 0 Å². The summed E-state index contributed by atoms with van der Waals surface area (Å²) in [4.78, 5) is 4.19. The lowest BCUT2D eigenvalue weighted by atomic mass is 10.1. The lowest BCUT2D eigenvalue weighted by molar-refractivity contribution is 0.922. The Labute approximate surface area is 108 Å². The van der Waals surface area contributed by atoms with E-state index in [1.807, 2.05) is 19.2 Å². The van der Waals surface area contributed by atoms with Crippen molar-refractivity contribution in [2.75, 3.05) is 17.7 Å². The topological polar surface area (TPSA) is 37.0 Å². The van der Waals surface area contributed by atoms with Crippen LogP contribution in [0.5, 0.6) is 0 Å². The molecule has 2 rings (SSSR count). The molecule has 1 heterocycles. The van der Waals surface area contributed by atoms with Gasteiger partial charge in [0.25, 0.3) is 0 Å². The smallest absolute Gasteiger partial charge is 0.127 e. The van der Waals surface area contributed by atoms with E-state index in [4.69, 9.17) is 0 Å². The third kappa shape index (κ3) is 3.23. The molecule has 18 heavy (non-hydrogen) atoms. The second kappa shape index (κ2) is 6.05. The van der Waals surface area contributed by atoms with Crippen LogP contribution in [0.1, 0.15) is 18.9 Å². The van der Waals surface area contributed by atoms with E-state index in [2.05, 4.69) is 46.8 Å². The van der Waals surface area contributed by atoms with E-state index in [0.717, 1.165) is 23.6 Å². The van der Waals surface area contributed by atoms with Crippen LogP contribution in [-0.4, -0.2) is 12.0 Å². The van der Waals surface area contributed by atoms with Gasteiger partial charge in [0.1, 0.15) is 5.82 Å². The van der Waals surface area contributed by atoms with E-state index in [1.165, 1.54) is 12.0 Å². The molecule has 0 saturated heterocycles. The number of benzene rings is 1. The highest BCUT2D eigenvalue weighted by atomic mass is 15.0. The van der Waals surface area contributed by atoms with Crippen molar-refractivity contribution in [1.29, 1.82) is 0 Å². The van der Waals surface area contributed by atoms with Gasteiger partial charge in [0, 0.05) is 30.7 Å². The van der Waals surface area contributed by atoms with E-state index in [1.54, 1.807) is 6.20 Å². The zero-order valence-corrected chi connectivity index (χ0v) is 10.9. The standard InChI is InChI=1S/C15H19N3/c1-3-4-12-5-7-13(8-6-12)18-14-9-10-17-15(11-14)16-2/h5-11H,3-4H2,1-2H3,(H2,16,17,18). The summed E-state index contributed by atoms with van der Waals surface area (Å²) < 4.78 is 0. The highest BCUT2D eigenvalue weighted by Crippen LogP contribution is 2.19. The Morgan fingerprint density at radius 3 is 2.50 bits per heavy atom. The third-order valence-electron chi connectivity index (χ3n) is 2.80. The Bertz CT molecular complexity index is 491. The number of aryl methyl sites for hydroxylation is 1. The van der Waals surface area contributed by atoms with Crippen LogP contribution in [0.3, 0.4) is 0 Å². The molecule has 0 aliphatic heterocycles.